The lowest BCUT2D eigenvalue weighted by Gasteiger charge is -2.44. The Balaban J connectivity index is 1.99. The number of nitrogen functional groups attached to an aromatic ring is 6. The summed E-state index contributed by atoms with van der Waals surface area (Å²) in [6.45, 7) is 0. The van der Waals surface area contributed by atoms with Crippen LogP contribution in [0.3, 0.4) is 0 Å². The third-order valence-electron chi connectivity index (χ3n) is 5.89. The first-order valence-corrected chi connectivity index (χ1v) is 8.45. The number of nitrogens with two attached hydrogens (primary N) is 6. The molecule has 3 aliphatic carbocycles. The summed E-state index contributed by atoms with van der Waals surface area (Å²) in [6, 6.07) is 12.1. The first-order chi connectivity index (χ1) is 12.4. The van der Waals surface area contributed by atoms with Crippen molar-refractivity contribution in [2.75, 3.05) is 34.4 Å². The quantitative estimate of drug-likeness (QED) is 0.236. The molecule has 3 aliphatic rings. The number of benzene rings is 3. The largest absolute Gasteiger partial charge is 0.397 e. The Morgan fingerprint density at radius 2 is 1.00 bits per heavy atom. The van der Waals surface area contributed by atoms with Gasteiger partial charge in [0, 0.05) is 11.8 Å². The number of anilines is 6. The summed E-state index contributed by atoms with van der Waals surface area (Å²) in [5.74, 6) is -0.246. The van der Waals surface area contributed by atoms with Gasteiger partial charge in [0.25, 0.3) is 0 Å². The highest BCUT2D eigenvalue weighted by Crippen LogP contribution is 2.61. The third-order valence-corrected chi connectivity index (χ3v) is 5.89. The fraction of sp³-hybridized carbons (Fsp3) is 0.100. The van der Waals surface area contributed by atoms with E-state index in [-0.39, 0.29) is 11.8 Å². The van der Waals surface area contributed by atoms with Crippen molar-refractivity contribution in [1.29, 1.82) is 0 Å². The number of hydrogen-bond acceptors (Lipinski definition) is 6. The van der Waals surface area contributed by atoms with E-state index in [0.717, 1.165) is 27.8 Å². The fourth-order valence-electron chi connectivity index (χ4n) is 4.71. The molecule has 2 unspecified atom stereocenters. The van der Waals surface area contributed by atoms with Crippen molar-refractivity contribution < 1.29 is 0 Å². The van der Waals surface area contributed by atoms with E-state index in [0.29, 0.717) is 34.1 Å². The van der Waals surface area contributed by atoms with Gasteiger partial charge in [-0.1, -0.05) is 30.3 Å². The number of hydrogen-bond donors (Lipinski definition) is 6. The van der Waals surface area contributed by atoms with Crippen molar-refractivity contribution in [1.82, 2.24) is 0 Å². The van der Waals surface area contributed by atoms with E-state index in [4.69, 9.17) is 34.4 Å². The molecule has 26 heavy (non-hydrogen) atoms. The standard InChI is InChI=1S/C20H20N6/c21-10-6-5-9-11-7-3-1-2-4-8(7)12(13(9)16(10)22)15-14(11)17(23)19(25)20(26)18(15)24/h1-6,11-12H,21-26H2. The highest BCUT2D eigenvalue weighted by atomic mass is 14.8. The summed E-state index contributed by atoms with van der Waals surface area (Å²) in [5.41, 5.74) is 46.8. The molecule has 6 heteroatoms. The van der Waals surface area contributed by atoms with E-state index in [2.05, 4.69) is 12.1 Å². The minimum atomic E-state index is -0.158. The van der Waals surface area contributed by atoms with Crippen LogP contribution in [0.25, 0.3) is 0 Å². The van der Waals surface area contributed by atoms with Crippen LogP contribution in [0.4, 0.5) is 34.1 Å². The molecule has 0 aliphatic heterocycles. The van der Waals surface area contributed by atoms with Crippen molar-refractivity contribution in [3.63, 3.8) is 0 Å². The Morgan fingerprint density at radius 1 is 0.462 bits per heavy atom. The Morgan fingerprint density at radius 3 is 1.62 bits per heavy atom. The summed E-state index contributed by atoms with van der Waals surface area (Å²) in [7, 11) is 0. The molecule has 0 radical (unpaired) electrons. The zero-order valence-electron chi connectivity index (χ0n) is 14.1. The second kappa shape index (κ2) is 4.54. The molecule has 2 bridgehead atoms. The maximum atomic E-state index is 6.43. The van der Waals surface area contributed by atoms with Gasteiger partial charge in [0.15, 0.2) is 0 Å². The van der Waals surface area contributed by atoms with Gasteiger partial charge in [-0.05, 0) is 39.4 Å². The molecule has 0 aromatic heterocycles. The molecule has 12 N–H and O–H groups in total. The minimum Gasteiger partial charge on any atom is -0.397 e. The van der Waals surface area contributed by atoms with Gasteiger partial charge in [0.05, 0.1) is 34.1 Å². The number of rotatable bonds is 0. The van der Waals surface area contributed by atoms with Crippen molar-refractivity contribution in [2.45, 2.75) is 11.8 Å². The maximum absolute atomic E-state index is 6.43. The lowest BCUT2D eigenvalue weighted by Crippen LogP contribution is -2.31. The SMILES string of the molecule is Nc1ccc2c(c1N)C1c3ccccc3C2c2c(N)c(N)c(N)c(N)c21. The summed E-state index contributed by atoms with van der Waals surface area (Å²) >= 11 is 0. The smallest absolute Gasteiger partial charge is 0.0806 e. The molecule has 3 aromatic carbocycles. The van der Waals surface area contributed by atoms with Crippen molar-refractivity contribution in [3.8, 4) is 0 Å². The average Bonchev–Trinajstić information content (AvgIpc) is 2.66. The lowest BCUT2D eigenvalue weighted by atomic mass is 9.59. The van der Waals surface area contributed by atoms with E-state index in [1.165, 1.54) is 5.56 Å². The van der Waals surface area contributed by atoms with Gasteiger partial charge in [0.2, 0.25) is 0 Å². The van der Waals surface area contributed by atoms with Gasteiger partial charge in [-0.25, -0.2) is 0 Å². The van der Waals surface area contributed by atoms with Crippen molar-refractivity contribution >= 4 is 34.1 Å². The molecule has 0 spiro atoms. The van der Waals surface area contributed by atoms with Crippen molar-refractivity contribution in [2.24, 2.45) is 0 Å². The maximum Gasteiger partial charge on any atom is 0.0806 e. The van der Waals surface area contributed by atoms with Crippen LogP contribution in [0.2, 0.25) is 0 Å². The van der Waals surface area contributed by atoms with Gasteiger partial charge < -0.3 is 34.4 Å². The highest BCUT2D eigenvalue weighted by Gasteiger charge is 2.45. The summed E-state index contributed by atoms with van der Waals surface area (Å²) in [4.78, 5) is 0. The molecule has 6 rings (SSSR count). The second-order valence-corrected chi connectivity index (χ2v) is 7.05. The molecule has 0 heterocycles. The van der Waals surface area contributed by atoms with E-state index in [1.807, 2.05) is 24.3 Å². The molecule has 3 aromatic rings. The van der Waals surface area contributed by atoms with E-state index < -0.39 is 0 Å². The molecule has 0 amide bonds. The van der Waals surface area contributed by atoms with Gasteiger partial charge in [-0.15, -0.1) is 0 Å². The molecule has 6 nitrogen and oxygen atoms in total. The van der Waals surface area contributed by atoms with E-state index in [9.17, 15) is 0 Å². The van der Waals surface area contributed by atoms with Gasteiger partial charge in [-0.2, -0.15) is 0 Å². The predicted molar refractivity (Wildman–Crippen MR) is 108 cm³/mol. The minimum absolute atomic E-state index is 0.0886. The van der Waals surface area contributed by atoms with Crippen LogP contribution in [-0.2, 0) is 0 Å². The molecule has 0 saturated heterocycles. The molecule has 0 saturated carbocycles. The Kier molecular flexibility index (Phi) is 2.58. The molecule has 130 valence electrons. The van der Waals surface area contributed by atoms with Crippen LogP contribution >= 0.6 is 0 Å². The monoisotopic (exact) mass is 344 g/mol. The van der Waals surface area contributed by atoms with Gasteiger partial charge in [-0.3, -0.25) is 0 Å². The van der Waals surface area contributed by atoms with Gasteiger partial charge >= 0.3 is 0 Å². The zero-order valence-corrected chi connectivity index (χ0v) is 14.1. The van der Waals surface area contributed by atoms with Crippen LogP contribution in [0.1, 0.15) is 45.2 Å². The summed E-state index contributed by atoms with van der Waals surface area (Å²) < 4.78 is 0. The van der Waals surface area contributed by atoms with Crippen LogP contribution in [0.15, 0.2) is 36.4 Å². The predicted octanol–water partition coefficient (Wildman–Crippen LogP) is 2.17. The average molecular weight is 344 g/mol. The van der Waals surface area contributed by atoms with Gasteiger partial charge in [0.1, 0.15) is 0 Å². The Hall–Kier alpha value is -3.54. The van der Waals surface area contributed by atoms with Crippen LogP contribution in [0, 0.1) is 0 Å². The topological polar surface area (TPSA) is 156 Å². The molecule has 0 fully saturated rings. The second-order valence-electron chi connectivity index (χ2n) is 7.05. The third kappa shape index (κ3) is 1.48. The molecular formula is C20H20N6. The fourth-order valence-corrected chi connectivity index (χ4v) is 4.71. The van der Waals surface area contributed by atoms with Crippen LogP contribution in [0.5, 0.6) is 0 Å². The first-order valence-electron chi connectivity index (χ1n) is 8.45. The molecule has 2 atom stereocenters. The first kappa shape index (κ1) is 14.8. The Bertz CT molecular complexity index is 1120. The zero-order chi connectivity index (χ0) is 18.3. The molecular weight excluding hydrogens is 324 g/mol. The van der Waals surface area contributed by atoms with E-state index in [1.54, 1.807) is 0 Å². The Labute approximate surface area is 150 Å². The summed E-state index contributed by atoms with van der Waals surface area (Å²) in [5, 5.41) is 0. The lowest BCUT2D eigenvalue weighted by molar-refractivity contribution is 0.762. The van der Waals surface area contributed by atoms with Crippen LogP contribution in [-0.4, -0.2) is 0 Å². The summed E-state index contributed by atoms with van der Waals surface area (Å²) in [6.07, 6.45) is 0. The van der Waals surface area contributed by atoms with Crippen molar-refractivity contribution in [3.05, 3.63) is 69.8 Å². The highest BCUT2D eigenvalue weighted by molar-refractivity contribution is 5.96. The van der Waals surface area contributed by atoms with Crippen LogP contribution < -0.4 is 34.4 Å². The van der Waals surface area contributed by atoms with E-state index >= 15 is 0 Å². The normalized spacial score (nSPS) is 18.9.